The molecule has 0 aliphatic carbocycles. The molecule has 4 heteroatoms. The average molecular weight is 294 g/mol. The third-order valence-electron chi connectivity index (χ3n) is 2.74. The van der Waals surface area contributed by atoms with Crippen LogP contribution in [0.3, 0.4) is 0 Å². The number of rotatable bonds is 8. The number of halogens is 1. The van der Waals surface area contributed by atoms with E-state index in [2.05, 4.69) is 25.7 Å². The van der Waals surface area contributed by atoms with Gasteiger partial charge in [-0.3, -0.25) is 0 Å². The van der Waals surface area contributed by atoms with Gasteiger partial charge in [0, 0.05) is 19.1 Å². The topological polar surface area (TPSA) is 38.7 Å². The summed E-state index contributed by atoms with van der Waals surface area (Å²) in [6.45, 7) is 5.88. The van der Waals surface area contributed by atoms with E-state index >= 15 is 0 Å². The fourth-order valence-electron chi connectivity index (χ4n) is 1.54. The number of hydrogen-bond acceptors (Lipinski definition) is 3. The van der Waals surface area contributed by atoms with Gasteiger partial charge in [0.05, 0.1) is 18.8 Å². The Balaban J connectivity index is 2.34. The number of aliphatic hydroxyl groups excluding tert-OH is 1. The van der Waals surface area contributed by atoms with Crippen LogP contribution in [-0.2, 0) is 4.74 Å². The molecule has 0 aliphatic rings. The van der Waals surface area contributed by atoms with Gasteiger partial charge < -0.3 is 14.6 Å². The maximum absolute atomic E-state index is 13.7. The first-order chi connectivity index (χ1) is 10.1. The van der Waals surface area contributed by atoms with Gasteiger partial charge in [0.2, 0.25) is 0 Å². The maximum atomic E-state index is 13.7. The monoisotopic (exact) mass is 294 g/mol. The largest absolute Gasteiger partial charge is 0.491 e. The average Bonchev–Trinajstić information content (AvgIpc) is 2.45. The highest BCUT2D eigenvalue weighted by atomic mass is 19.1. The molecule has 1 rings (SSSR count). The van der Waals surface area contributed by atoms with Crippen molar-refractivity contribution in [2.75, 3.05) is 26.4 Å². The second kappa shape index (κ2) is 10.2. The molecule has 1 N–H and O–H groups in total. The molecule has 0 fully saturated rings. The van der Waals surface area contributed by atoms with Crippen molar-refractivity contribution >= 4 is 0 Å². The maximum Gasteiger partial charge on any atom is 0.142 e. The van der Waals surface area contributed by atoms with Gasteiger partial charge in [-0.2, -0.15) is 0 Å². The van der Waals surface area contributed by atoms with Crippen LogP contribution in [-0.4, -0.2) is 31.5 Å². The number of ether oxygens (including phenoxy) is 2. The lowest BCUT2D eigenvalue weighted by atomic mass is 10.1. The molecule has 0 bridgehead atoms. The Hall–Kier alpha value is -1.57. The molecule has 0 atom stereocenters. The van der Waals surface area contributed by atoms with Crippen molar-refractivity contribution in [2.24, 2.45) is 5.92 Å². The number of hydrogen-bond donors (Lipinski definition) is 1. The van der Waals surface area contributed by atoms with Crippen molar-refractivity contribution in [3.8, 4) is 17.6 Å². The van der Waals surface area contributed by atoms with Crippen LogP contribution in [0, 0.1) is 23.6 Å². The zero-order chi connectivity index (χ0) is 15.5. The molecule has 0 aromatic heterocycles. The van der Waals surface area contributed by atoms with E-state index in [-0.39, 0.29) is 6.61 Å². The van der Waals surface area contributed by atoms with Crippen LogP contribution in [0.25, 0.3) is 0 Å². The first-order valence-corrected chi connectivity index (χ1v) is 7.23. The molecule has 116 valence electrons. The molecule has 0 heterocycles. The summed E-state index contributed by atoms with van der Waals surface area (Å²) in [5, 5.41) is 8.62. The van der Waals surface area contributed by atoms with Crippen LogP contribution in [0.4, 0.5) is 4.39 Å². The molecule has 1 aromatic carbocycles. The van der Waals surface area contributed by atoms with Crippen molar-refractivity contribution < 1.29 is 19.0 Å². The lowest BCUT2D eigenvalue weighted by Crippen LogP contribution is -2.08. The van der Waals surface area contributed by atoms with Crippen LogP contribution in [0.15, 0.2) is 18.2 Å². The molecule has 0 aliphatic heterocycles. The molecule has 0 saturated carbocycles. The lowest BCUT2D eigenvalue weighted by molar-refractivity contribution is 0.0925. The minimum Gasteiger partial charge on any atom is -0.491 e. The third-order valence-corrected chi connectivity index (χ3v) is 2.74. The predicted octanol–water partition coefficient (Wildman–Crippen LogP) is 3.00. The molecule has 0 spiro atoms. The van der Waals surface area contributed by atoms with Gasteiger partial charge in [-0.05, 0) is 24.5 Å². The van der Waals surface area contributed by atoms with Crippen molar-refractivity contribution in [1.82, 2.24) is 0 Å². The molecular weight excluding hydrogens is 271 g/mol. The summed E-state index contributed by atoms with van der Waals surface area (Å²) in [7, 11) is 0. The van der Waals surface area contributed by atoms with E-state index in [1.165, 1.54) is 6.07 Å². The molecule has 0 saturated heterocycles. The van der Waals surface area contributed by atoms with E-state index in [0.717, 1.165) is 13.0 Å². The van der Waals surface area contributed by atoms with E-state index in [0.29, 0.717) is 36.9 Å². The van der Waals surface area contributed by atoms with Crippen LogP contribution in [0.2, 0.25) is 0 Å². The summed E-state index contributed by atoms with van der Waals surface area (Å²) in [4.78, 5) is 0. The first-order valence-electron chi connectivity index (χ1n) is 7.23. The summed E-state index contributed by atoms with van der Waals surface area (Å²) < 4.78 is 24.6. The van der Waals surface area contributed by atoms with Gasteiger partial charge >= 0.3 is 0 Å². The van der Waals surface area contributed by atoms with Crippen LogP contribution in [0.1, 0.15) is 32.3 Å². The van der Waals surface area contributed by atoms with Crippen molar-refractivity contribution in [3.63, 3.8) is 0 Å². The van der Waals surface area contributed by atoms with Gasteiger partial charge in [0.15, 0.2) is 0 Å². The summed E-state index contributed by atoms with van der Waals surface area (Å²) >= 11 is 0. The predicted molar refractivity (Wildman–Crippen MR) is 80.7 cm³/mol. The summed E-state index contributed by atoms with van der Waals surface area (Å²) in [6.07, 6.45) is 1.36. The van der Waals surface area contributed by atoms with E-state index in [1.54, 1.807) is 12.1 Å². The second-order valence-electron chi connectivity index (χ2n) is 5.06. The van der Waals surface area contributed by atoms with Gasteiger partial charge in [0.25, 0.3) is 0 Å². The molecule has 3 nitrogen and oxygen atoms in total. The molecule has 0 radical (unpaired) electrons. The number of aliphatic hydroxyl groups is 1. The Kier molecular flexibility index (Phi) is 8.49. The number of benzene rings is 1. The fourth-order valence-corrected chi connectivity index (χ4v) is 1.54. The van der Waals surface area contributed by atoms with E-state index in [1.807, 2.05) is 0 Å². The molecule has 0 amide bonds. The van der Waals surface area contributed by atoms with Crippen molar-refractivity contribution in [2.45, 2.75) is 26.7 Å². The van der Waals surface area contributed by atoms with E-state index in [9.17, 15) is 4.39 Å². The van der Waals surface area contributed by atoms with E-state index < -0.39 is 5.82 Å². The SMILES string of the molecule is CC(C)CCOCCOc1ccc(C#CCCO)c(F)c1. The van der Waals surface area contributed by atoms with Gasteiger partial charge in [0.1, 0.15) is 18.2 Å². The second-order valence-corrected chi connectivity index (χ2v) is 5.06. The zero-order valence-electron chi connectivity index (χ0n) is 12.7. The standard InChI is InChI=1S/C17H23FO3/c1-14(2)8-10-20-11-12-21-16-7-6-15(17(18)13-16)5-3-4-9-19/h6-7,13-14,19H,4,8-12H2,1-2H3. The Bertz CT molecular complexity index is 475. The van der Waals surface area contributed by atoms with E-state index in [4.69, 9.17) is 14.6 Å². The van der Waals surface area contributed by atoms with Crippen molar-refractivity contribution in [3.05, 3.63) is 29.6 Å². The lowest BCUT2D eigenvalue weighted by Gasteiger charge is -2.08. The zero-order valence-corrected chi connectivity index (χ0v) is 12.7. The Labute approximate surface area is 126 Å². The van der Waals surface area contributed by atoms with Crippen molar-refractivity contribution in [1.29, 1.82) is 0 Å². The summed E-state index contributed by atoms with van der Waals surface area (Å²) in [5.74, 6) is 6.03. The minimum absolute atomic E-state index is 0.0212. The molecular formula is C17H23FO3. The minimum atomic E-state index is -0.418. The molecule has 0 unspecified atom stereocenters. The third kappa shape index (κ3) is 7.69. The van der Waals surface area contributed by atoms with Crippen LogP contribution in [0.5, 0.6) is 5.75 Å². The highest BCUT2D eigenvalue weighted by Crippen LogP contribution is 2.16. The smallest absolute Gasteiger partial charge is 0.142 e. The Morgan fingerprint density at radius 3 is 2.71 bits per heavy atom. The van der Waals surface area contributed by atoms with Gasteiger partial charge in [-0.1, -0.05) is 25.7 Å². The summed E-state index contributed by atoms with van der Waals surface area (Å²) in [5.41, 5.74) is 0.309. The normalized spacial score (nSPS) is 10.3. The highest BCUT2D eigenvalue weighted by Gasteiger charge is 2.02. The first kappa shape index (κ1) is 17.5. The van der Waals surface area contributed by atoms with Crippen LogP contribution >= 0.6 is 0 Å². The van der Waals surface area contributed by atoms with Crippen LogP contribution < -0.4 is 4.74 Å². The summed E-state index contributed by atoms with van der Waals surface area (Å²) in [6, 6.07) is 4.58. The molecule has 1 aromatic rings. The quantitative estimate of drug-likeness (QED) is 0.592. The van der Waals surface area contributed by atoms with Gasteiger partial charge in [-0.15, -0.1) is 0 Å². The Morgan fingerprint density at radius 1 is 1.24 bits per heavy atom. The van der Waals surface area contributed by atoms with Gasteiger partial charge in [-0.25, -0.2) is 4.39 Å². The Morgan fingerprint density at radius 2 is 2.05 bits per heavy atom. The highest BCUT2D eigenvalue weighted by molar-refractivity contribution is 5.39. The fraction of sp³-hybridized carbons (Fsp3) is 0.529. The molecule has 21 heavy (non-hydrogen) atoms.